The van der Waals surface area contributed by atoms with Crippen LogP contribution in [0.15, 0.2) is 29.4 Å². The molecule has 0 bridgehead atoms. The second-order valence-corrected chi connectivity index (χ2v) is 4.45. The van der Waals surface area contributed by atoms with E-state index in [1.165, 1.54) is 16.3 Å². The minimum absolute atomic E-state index is 0.128. The predicted octanol–water partition coefficient (Wildman–Crippen LogP) is 1.31. The highest BCUT2D eigenvalue weighted by Gasteiger charge is 2.26. The van der Waals surface area contributed by atoms with E-state index < -0.39 is 0 Å². The summed E-state index contributed by atoms with van der Waals surface area (Å²) in [6.45, 7) is 0. The van der Waals surface area contributed by atoms with Crippen molar-refractivity contribution in [2.45, 2.75) is 6.42 Å². The first-order valence-corrected chi connectivity index (χ1v) is 5.57. The van der Waals surface area contributed by atoms with Crippen LogP contribution in [0.3, 0.4) is 0 Å². The molecule has 2 N–H and O–H groups in total. The van der Waals surface area contributed by atoms with Gasteiger partial charge in [-0.2, -0.15) is 5.01 Å². The van der Waals surface area contributed by atoms with Gasteiger partial charge in [0.2, 0.25) is 5.13 Å². The molecule has 1 aromatic heterocycles. The second kappa shape index (κ2) is 3.28. The predicted molar refractivity (Wildman–Crippen MR) is 63.3 cm³/mol. The van der Waals surface area contributed by atoms with E-state index in [2.05, 4.69) is 10.1 Å². The third-order valence-electron chi connectivity index (χ3n) is 2.26. The Labute approximate surface area is 95.2 Å². The molecule has 0 radical (unpaired) electrons. The first-order valence-electron chi connectivity index (χ1n) is 4.75. The number of carbonyl (C=O) groups is 1. The van der Waals surface area contributed by atoms with E-state index in [4.69, 9.17) is 5.73 Å². The molecule has 3 rings (SSSR count). The number of carbonyl (C=O) groups excluding carboxylic acids is 1. The number of hydrogen-bond donors (Lipinski definition) is 1. The van der Waals surface area contributed by atoms with Crippen LogP contribution >= 0.6 is 11.3 Å². The first-order chi connectivity index (χ1) is 7.74. The van der Waals surface area contributed by atoms with Gasteiger partial charge < -0.3 is 5.73 Å². The number of para-hydroxylation sites is 1. The highest BCUT2D eigenvalue weighted by atomic mass is 32.1. The molecule has 1 aliphatic heterocycles. The fourth-order valence-corrected chi connectivity index (χ4v) is 2.48. The quantitative estimate of drug-likeness (QED) is 0.805. The van der Waals surface area contributed by atoms with E-state index in [1.54, 1.807) is 0 Å². The molecule has 1 aromatic carbocycles. The van der Waals surface area contributed by atoms with Gasteiger partial charge in [0, 0.05) is 0 Å². The molecule has 0 unspecified atom stereocenters. The smallest absolute Gasteiger partial charge is 0.257 e. The minimum atomic E-state index is -0.128. The molecular formula is C10H8N4OS. The van der Waals surface area contributed by atoms with Gasteiger partial charge in [0.05, 0.1) is 16.6 Å². The summed E-state index contributed by atoms with van der Waals surface area (Å²) in [6.07, 6.45) is 0.177. The molecule has 0 fully saturated rings. The zero-order valence-electron chi connectivity index (χ0n) is 8.25. The second-order valence-electron chi connectivity index (χ2n) is 3.44. The summed E-state index contributed by atoms with van der Waals surface area (Å²) in [5.41, 5.74) is 6.38. The average Bonchev–Trinajstić information content (AvgIpc) is 2.81. The van der Waals surface area contributed by atoms with Gasteiger partial charge in [0.1, 0.15) is 5.84 Å². The highest BCUT2D eigenvalue weighted by molar-refractivity contribution is 7.22. The third kappa shape index (κ3) is 1.35. The molecule has 1 aliphatic rings. The summed E-state index contributed by atoms with van der Waals surface area (Å²) in [7, 11) is 0. The van der Waals surface area contributed by atoms with Crippen LogP contribution < -0.4 is 10.7 Å². The van der Waals surface area contributed by atoms with Gasteiger partial charge in [-0.25, -0.2) is 4.98 Å². The molecule has 80 valence electrons. The number of benzene rings is 1. The lowest BCUT2D eigenvalue weighted by Crippen LogP contribution is -2.19. The molecule has 2 aromatic rings. The number of amidine groups is 1. The fraction of sp³-hybridized carbons (Fsp3) is 0.100. The van der Waals surface area contributed by atoms with Gasteiger partial charge in [-0.3, -0.25) is 4.79 Å². The summed E-state index contributed by atoms with van der Waals surface area (Å²) in [4.78, 5) is 15.9. The number of nitrogens with two attached hydrogens (primary N) is 1. The SMILES string of the molecule is NC1=NN(c2nc3ccccc3s2)C(=O)C1. The van der Waals surface area contributed by atoms with Crippen molar-refractivity contribution >= 4 is 38.4 Å². The van der Waals surface area contributed by atoms with Gasteiger partial charge in [0.25, 0.3) is 5.91 Å². The minimum Gasteiger partial charge on any atom is -0.385 e. The maximum absolute atomic E-state index is 11.6. The van der Waals surface area contributed by atoms with Crippen LogP contribution in [0.2, 0.25) is 0 Å². The van der Waals surface area contributed by atoms with E-state index in [0.717, 1.165) is 10.2 Å². The lowest BCUT2D eigenvalue weighted by atomic mass is 10.3. The number of nitrogens with zero attached hydrogens (tertiary/aromatic N) is 3. The van der Waals surface area contributed by atoms with Crippen LogP contribution in [-0.4, -0.2) is 16.7 Å². The van der Waals surface area contributed by atoms with E-state index >= 15 is 0 Å². The Kier molecular flexibility index (Phi) is 1.90. The van der Waals surface area contributed by atoms with Gasteiger partial charge in [0.15, 0.2) is 0 Å². The van der Waals surface area contributed by atoms with E-state index in [1.807, 2.05) is 24.3 Å². The number of aromatic nitrogens is 1. The number of anilines is 1. The molecule has 0 saturated carbocycles. The topological polar surface area (TPSA) is 71.6 Å². The number of hydrogen-bond acceptors (Lipinski definition) is 5. The number of thiazole rings is 1. The molecule has 6 heteroatoms. The highest BCUT2D eigenvalue weighted by Crippen LogP contribution is 2.30. The number of hydrazone groups is 1. The Morgan fingerprint density at radius 2 is 2.19 bits per heavy atom. The molecule has 5 nitrogen and oxygen atoms in total. The van der Waals surface area contributed by atoms with E-state index in [-0.39, 0.29) is 12.3 Å². The summed E-state index contributed by atoms with van der Waals surface area (Å²) < 4.78 is 1.03. The maximum atomic E-state index is 11.6. The number of rotatable bonds is 1. The van der Waals surface area contributed by atoms with Crippen molar-refractivity contribution in [2.75, 3.05) is 5.01 Å². The zero-order valence-corrected chi connectivity index (χ0v) is 9.07. The third-order valence-corrected chi connectivity index (χ3v) is 3.27. The molecule has 16 heavy (non-hydrogen) atoms. The Balaban J connectivity index is 2.09. The van der Waals surface area contributed by atoms with Gasteiger partial charge >= 0.3 is 0 Å². The average molecular weight is 232 g/mol. The summed E-state index contributed by atoms with van der Waals surface area (Å²) in [5, 5.41) is 5.81. The van der Waals surface area contributed by atoms with Crippen LogP contribution in [0.25, 0.3) is 10.2 Å². The van der Waals surface area contributed by atoms with Crippen molar-refractivity contribution in [2.24, 2.45) is 10.8 Å². The molecule has 0 spiro atoms. The molecule has 0 aliphatic carbocycles. The maximum Gasteiger partial charge on any atom is 0.257 e. The molecular weight excluding hydrogens is 224 g/mol. The van der Waals surface area contributed by atoms with E-state index in [0.29, 0.717) is 11.0 Å². The fourth-order valence-electron chi connectivity index (χ4n) is 1.55. The van der Waals surface area contributed by atoms with Crippen LogP contribution in [0, 0.1) is 0 Å². The lowest BCUT2D eigenvalue weighted by Gasteiger charge is -2.04. The standard InChI is InChI=1S/C10H8N4OS/c11-8-5-9(15)14(13-8)10-12-6-3-1-2-4-7(6)16-10/h1-4H,5H2,(H2,11,13). The van der Waals surface area contributed by atoms with Crippen molar-refractivity contribution in [1.29, 1.82) is 0 Å². The summed E-state index contributed by atoms with van der Waals surface area (Å²) in [6, 6.07) is 7.72. The van der Waals surface area contributed by atoms with E-state index in [9.17, 15) is 4.79 Å². The number of amides is 1. The normalized spacial score (nSPS) is 15.9. The zero-order chi connectivity index (χ0) is 11.1. The van der Waals surface area contributed by atoms with Gasteiger partial charge in [-0.05, 0) is 12.1 Å². The van der Waals surface area contributed by atoms with Crippen molar-refractivity contribution in [3.63, 3.8) is 0 Å². The number of fused-ring (bicyclic) bond motifs is 1. The molecule has 0 saturated heterocycles. The van der Waals surface area contributed by atoms with Crippen LogP contribution in [0.5, 0.6) is 0 Å². The summed E-state index contributed by atoms with van der Waals surface area (Å²) in [5.74, 6) is 0.209. The first kappa shape index (κ1) is 9.29. The molecule has 1 amide bonds. The Hall–Kier alpha value is -1.95. The largest absolute Gasteiger partial charge is 0.385 e. The van der Waals surface area contributed by atoms with Crippen LogP contribution in [0.4, 0.5) is 5.13 Å². The Morgan fingerprint density at radius 1 is 1.38 bits per heavy atom. The van der Waals surface area contributed by atoms with Crippen LogP contribution in [-0.2, 0) is 4.79 Å². The van der Waals surface area contributed by atoms with Crippen molar-refractivity contribution in [1.82, 2.24) is 4.98 Å². The summed E-state index contributed by atoms with van der Waals surface area (Å²) >= 11 is 1.43. The van der Waals surface area contributed by atoms with Gasteiger partial charge in [-0.1, -0.05) is 23.5 Å². The molecule has 2 heterocycles. The molecule has 0 atom stereocenters. The van der Waals surface area contributed by atoms with Gasteiger partial charge in [-0.15, -0.1) is 5.10 Å². The van der Waals surface area contributed by atoms with Crippen molar-refractivity contribution in [3.05, 3.63) is 24.3 Å². The lowest BCUT2D eigenvalue weighted by molar-refractivity contribution is -0.116. The van der Waals surface area contributed by atoms with Crippen molar-refractivity contribution in [3.8, 4) is 0 Å². The Bertz CT molecular complexity index is 571. The van der Waals surface area contributed by atoms with Crippen molar-refractivity contribution < 1.29 is 4.79 Å². The monoisotopic (exact) mass is 232 g/mol. The van der Waals surface area contributed by atoms with Crippen LogP contribution in [0.1, 0.15) is 6.42 Å². The Morgan fingerprint density at radius 3 is 2.88 bits per heavy atom.